The molecule has 0 saturated heterocycles. The lowest BCUT2D eigenvalue weighted by Gasteiger charge is -2.15. The number of ether oxygens (including phenoxy) is 2. The average molecular weight is 704 g/mol. The van der Waals surface area contributed by atoms with Crippen LogP contribution in [0.3, 0.4) is 0 Å². The van der Waals surface area contributed by atoms with Gasteiger partial charge in [-0.05, 0) is 67.8 Å². The normalized spacial score (nSPS) is 11.4. The van der Waals surface area contributed by atoms with Crippen LogP contribution in [0.1, 0.15) is 11.1 Å². The van der Waals surface area contributed by atoms with Crippen LogP contribution in [0.5, 0.6) is 11.5 Å². The Balaban J connectivity index is 1.40. The van der Waals surface area contributed by atoms with E-state index in [1.807, 2.05) is 36.4 Å². The molecular weight excluding hydrogens is 684 g/mol. The fraction of sp³-hybridized carbons (Fsp3) is 0.0645. The molecular formula is C31H20Br2N4O6. The van der Waals surface area contributed by atoms with Gasteiger partial charge in [0.15, 0.2) is 17.3 Å². The molecule has 43 heavy (non-hydrogen) atoms. The van der Waals surface area contributed by atoms with Gasteiger partial charge in [0, 0.05) is 27.6 Å². The summed E-state index contributed by atoms with van der Waals surface area (Å²) in [6.45, 7) is 0.0650. The highest BCUT2D eigenvalue weighted by atomic mass is 79.9. The monoisotopic (exact) mass is 702 g/mol. The molecule has 0 N–H and O–H groups in total. The summed E-state index contributed by atoms with van der Waals surface area (Å²) in [6, 6.07) is 24.3. The molecule has 0 aliphatic carbocycles. The second-order valence-electron chi connectivity index (χ2n) is 9.30. The summed E-state index contributed by atoms with van der Waals surface area (Å²) in [4.78, 5) is 29.0. The molecule has 0 aliphatic heterocycles. The fourth-order valence-corrected chi connectivity index (χ4v) is 5.44. The summed E-state index contributed by atoms with van der Waals surface area (Å²) in [5, 5.41) is 17.0. The van der Waals surface area contributed by atoms with Gasteiger partial charge in [0.25, 0.3) is 11.2 Å². The smallest absolute Gasteiger partial charge is 0.282 e. The van der Waals surface area contributed by atoms with Crippen molar-refractivity contribution >= 4 is 65.6 Å². The Morgan fingerprint density at radius 1 is 1.02 bits per heavy atom. The predicted octanol–water partition coefficient (Wildman–Crippen LogP) is 7.71. The van der Waals surface area contributed by atoms with Gasteiger partial charge >= 0.3 is 0 Å². The number of halogens is 2. The third-order valence-corrected chi connectivity index (χ3v) is 8.74. The number of hydrogen-bond acceptors (Lipinski definition) is 8. The minimum Gasteiger partial charge on any atom is -0.493 e. The Hall–Kier alpha value is -4.81. The Morgan fingerprint density at radius 2 is 1.81 bits per heavy atom. The third kappa shape index (κ3) is 5.54. The van der Waals surface area contributed by atoms with Crippen molar-refractivity contribution in [3.63, 3.8) is 0 Å². The molecule has 0 unspecified atom stereocenters. The molecule has 0 fully saturated rings. The number of para-hydroxylation sites is 2. The average Bonchev–Trinajstić information content (AvgIpc) is 3.46. The molecule has 2 aromatic heterocycles. The standard InChI is InChI=1S/C31H20Br2N4O6/c1-41-25-15-20(27(32)28(33)29(25)42-17-18-7-6-9-21(13-18)37(39)40)16-34-36-30(26-14-19-8-2-5-12-24(19)43-26)35-23-11-4-3-10-22(23)31(36)38/h2-16H,17H2,1H3. The number of rotatable bonds is 8. The molecule has 0 saturated carbocycles. The number of furan rings is 1. The van der Waals surface area contributed by atoms with Crippen LogP contribution in [0.15, 0.2) is 108 Å². The number of non-ortho nitro benzene ring substituents is 1. The first-order chi connectivity index (χ1) is 20.8. The minimum absolute atomic E-state index is 0.0275. The maximum Gasteiger partial charge on any atom is 0.282 e. The van der Waals surface area contributed by atoms with Crippen LogP contribution < -0.4 is 15.0 Å². The number of benzene rings is 4. The Kier molecular flexibility index (Phi) is 7.78. The summed E-state index contributed by atoms with van der Waals surface area (Å²) in [7, 11) is 1.49. The number of methoxy groups -OCH3 is 1. The highest BCUT2D eigenvalue weighted by molar-refractivity contribution is 9.13. The van der Waals surface area contributed by atoms with Gasteiger partial charge in [-0.15, -0.1) is 0 Å². The first-order valence-electron chi connectivity index (χ1n) is 12.8. The molecule has 6 aromatic rings. The van der Waals surface area contributed by atoms with E-state index < -0.39 is 4.92 Å². The van der Waals surface area contributed by atoms with Gasteiger partial charge in [-0.25, -0.2) is 4.98 Å². The second kappa shape index (κ2) is 11.8. The molecule has 6 rings (SSSR count). The van der Waals surface area contributed by atoms with Crippen LogP contribution in [-0.4, -0.2) is 27.9 Å². The zero-order valence-corrected chi connectivity index (χ0v) is 25.5. The Bertz CT molecular complexity index is 2090. The van der Waals surface area contributed by atoms with E-state index in [4.69, 9.17) is 18.9 Å². The quantitative estimate of drug-likeness (QED) is 0.0904. The van der Waals surface area contributed by atoms with Gasteiger partial charge in [0.05, 0.1) is 33.6 Å². The van der Waals surface area contributed by atoms with E-state index in [2.05, 4.69) is 37.0 Å². The van der Waals surface area contributed by atoms with Crippen molar-refractivity contribution < 1.29 is 18.8 Å². The predicted molar refractivity (Wildman–Crippen MR) is 170 cm³/mol. The summed E-state index contributed by atoms with van der Waals surface area (Å²) < 4.78 is 20.0. The van der Waals surface area contributed by atoms with E-state index in [1.54, 1.807) is 36.4 Å². The van der Waals surface area contributed by atoms with E-state index in [-0.39, 0.29) is 23.7 Å². The van der Waals surface area contributed by atoms with Gasteiger partial charge in [-0.3, -0.25) is 14.9 Å². The number of nitro groups is 1. The molecule has 0 bridgehead atoms. The van der Waals surface area contributed by atoms with E-state index >= 15 is 0 Å². The lowest BCUT2D eigenvalue weighted by Crippen LogP contribution is -2.20. The molecule has 10 nitrogen and oxygen atoms in total. The van der Waals surface area contributed by atoms with Crippen molar-refractivity contribution in [2.24, 2.45) is 5.10 Å². The summed E-state index contributed by atoms with van der Waals surface area (Å²) in [5.74, 6) is 1.40. The van der Waals surface area contributed by atoms with Crippen molar-refractivity contribution in [1.29, 1.82) is 0 Å². The van der Waals surface area contributed by atoms with Crippen molar-refractivity contribution in [3.8, 4) is 23.1 Å². The van der Waals surface area contributed by atoms with E-state index in [0.717, 1.165) is 5.39 Å². The van der Waals surface area contributed by atoms with Gasteiger partial charge < -0.3 is 13.9 Å². The molecule has 12 heteroatoms. The Morgan fingerprint density at radius 3 is 2.60 bits per heavy atom. The molecule has 0 amide bonds. The summed E-state index contributed by atoms with van der Waals surface area (Å²) in [5.41, 5.74) is 1.97. The van der Waals surface area contributed by atoms with Crippen LogP contribution in [0.25, 0.3) is 33.5 Å². The molecule has 0 spiro atoms. The van der Waals surface area contributed by atoms with Crippen molar-refractivity contribution in [3.05, 3.63) is 125 Å². The molecule has 214 valence electrons. The number of hydrogen-bond donors (Lipinski definition) is 0. The highest BCUT2D eigenvalue weighted by Gasteiger charge is 2.19. The number of fused-ring (bicyclic) bond motifs is 2. The van der Waals surface area contributed by atoms with Crippen LogP contribution in [0, 0.1) is 10.1 Å². The highest BCUT2D eigenvalue weighted by Crippen LogP contribution is 2.42. The zero-order chi connectivity index (χ0) is 30.1. The van der Waals surface area contributed by atoms with Crippen molar-refractivity contribution in [1.82, 2.24) is 9.66 Å². The summed E-state index contributed by atoms with van der Waals surface area (Å²) in [6.07, 6.45) is 1.51. The van der Waals surface area contributed by atoms with E-state index in [9.17, 15) is 14.9 Å². The number of nitrogens with zero attached hydrogens (tertiary/aromatic N) is 4. The maximum absolute atomic E-state index is 13.6. The van der Waals surface area contributed by atoms with Crippen LogP contribution in [0.2, 0.25) is 0 Å². The van der Waals surface area contributed by atoms with E-state index in [0.29, 0.717) is 53.8 Å². The first kappa shape index (κ1) is 28.3. The first-order valence-corrected chi connectivity index (χ1v) is 14.4. The number of aromatic nitrogens is 2. The SMILES string of the molecule is COc1cc(C=Nn2c(-c3cc4ccccc4o3)nc3ccccc3c2=O)c(Br)c(Br)c1OCc1cccc([N+](=O)[O-])c1. The molecule has 0 atom stereocenters. The maximum atomic E-state index is 13.6. The lowest BCUT2D eigenvalue weighted by atomic mass is 10.2. The molecule has 0 radical (unpaired) electrons. The van der Waals surface area contributed by atoms with Gasteiger partial charge in [0.2, 0.25) is 5.82 Å². The lowest BCUT2D eigenvalue weighted by molar-refractivity contribution is -0.384. The van der Waals surface area contributed by atoms with Crippen molar-refractivity contribution in [2.75, 3.05) is 7.11 Å². The molecule has 2 heterocycles. The van der Waals surface area contributed by atoms with Crippen LogP contribution in [-0.2, 0) is 6.61 Å². The van der Waals surface area contributed by atoms with Gasteiger partial charge in [-0.2, -0.15) is 9.78 Å². The minimum atomic E-state index is -0.458. The summed E-state index contributed by atoms with van der Waals surface area (Å²) >= 11 is 7.15. The second-order valence-corrected chi connectivity index (χ2v) is 10.9. The Labute approximate surface area is 260 Å². The zero-order valence-electron chi connectivity index (χ0n) is 22.4. The largest absolute Gasteiger partial charge is 0.493 e. The third-order valence-electron chi connectivity index (χ3n) is 6.59. The number of nitro benzene ring substituents is 1. The van der Waals surface area contributed by atoms with E-state index in [1.165, 1.54) is 30.1 Å². The van der Waals surface area contributed by atoms with Gasteiger partial charge in [0.1, 0.15) is 12.2 Å². The van der Waals surface area contributed by atoms with Gasteiger partial charge in [-0.1, -0.05) is 42.5 Å². The topological polar surface area (TPSA) is 122 Å². The molecule has 0 aliphatic rings. The molecule has 4 aromatic carbocycles. The fourth-order valence-electron chi connectivity index (χ4n) is 4.50. The van der Waals surface area contributed by atoms with Crippen molar-refractivity contribution in [2.45, 2.75) is 6.61 Å². The van der Waals surface area contributed by atoms with Crippen LogP contribution >= 0.6 is 31.9 Å². The van der Waals surface area contributed by atoms with Crippen LogP contribution in [0.4, 0.5) is 5.69 Å².